The Morgan fingerprint density at radius 3 is 2.08 bits per heavy atom. The highest BCUT2D eigenvalue weighted by Crippen LogP contribution is 2.21. The van der Waals surface area contributed by atoms with Crippen LogP contribution in [0.5, 0.6) is 0 Å². The van der Waals surface area contributed by atoms with Crippen molar-refractivity contribution in [3.05, 3.63) is 83.9 Å². The van der Waals surface area contributed by atoms with Gasteiger partial charge in [-0.2, -0.15) is 0 Å². The maximum absolute atomic E-state index is 12.1. The highest BCUT2D eigenvalue weighted by molar-refractivity contribution is 5.72. The summed E-state index contributed by atoms with van der Waals surface area (Å²) in [5.74, 6) is -0.250. The number of nitrogens with one attached hydrogen (secondary N) is 1. The van der Waals surface area contributed by atoms with Gasteiger partial charge in [0, 0.05) is 0 Å². The molecule has 0 aliphatic heterocycles. The molecule has 0 fully saturated rings. The first-order valence-electron chi connectivity index (χ1n) is 8.40. The van der Waals surface area contributed by atoms with Gasteiger partial charge in [-0.25, -0.2) is 0 Å². The Kier molecular flexibility index (Phi) is 7.24. The van der Waals surface area contributed by atoms with Crippen LogP contribution in [0.1, 0.15) is 37.4 Å². The highest BCUT2D eigenvalue weighted by atomic mass is 16.5. The van der Waals surface area contributed by atoms with Crippen LogP contribution >= 0.6 is 0 Å². The number of benzene rings is 2. The first-order valence-corrected chi connectivity index (χ1v) is 8.40. The zero-order valence-electron chi connectivity index (χ0n) is 14.3. The predicted molar refractivity (Wildman–Crippen MR) is 97.7 cm³/mol. The van der Waals surface area contributed by atoms with E-state index in [9.17, 15) is 4.79 Å². The van der Waals surface area contributed by atoms with E-state index < -0.39 is 0 Å². The second kappa shape index (κ2) is 9.68. The van der Waals surface area contributed by atoms with Crippen LogP contribution in [0, 0.1) is 0 Å². The maximum atomic E-state index is 12.1. The Bertz CT molecular complexity index is 598. The third-order valence-electron chi connectivity index (χ3n) is 3.68. The van der Waals surface area contributed by atoms with E-state index in [0.29, 0.717) is 0 Å². The van der Waals surface area contributed by atoms with E-state index in [1.54, 1.807) is 0 Å². The average molecular weight is 323 g/mol. The average Bonchev–Trinajstić information content (AvgIpc) is 2.62. The summed E-state index contributed by atoms with van der Waals surface area (Å²) in [4.78, 5) is 12.1. The molecule has 0 aromatic heterocycles. The van der Waals surface area contributed by atoms with Gasteiger partial charge in [-0.1, -0.05) is 73.7 Å². The van der Waals surface area contributed by atoms with Crippen LogP contribution in [0.3, 0.4) is 0 Å². The molecule has 0 amide bonds. The molecule has 0 aliphatic carbocycles. The van der Waals surface area contributed by atoms with Crippen LogP contribution in [0.4, 0.5) is 0 Å². The molecular formula is C21H25NO2. The minimum atomic E-state index is -0.250. The van der Waals surface area contributed by atoms with Crippen LogP contribution in [0.15, 0.2) is 72.8 Å². The molecule has 0 saturated heterocycles. The Morgan fingerprint density at radius 2 is 1.58 bits per heavy atom. The fourth-order valence-corrected chi connectivity index (χ4v) is 2.52. The molecule has 2 rings (SSSR count). The minimum absolute atomic E-state index is 0.0403. The lowest BCUT2D eigenvalue weighted by Gasteiger charge is -2.20. The maximum Gasteiger partial charge on any atom is 0.320 e. The van der Waals surface area contributed by atoms with Crippen LogP contribution in [-0.4, -0.2) is 18.6 Å². The predicted octanol–water partition coefficient (Wildman–Crippen LogP) is 4.26. The van der Waals surface area contributed by atoms with E-state index in [1.807, 2.05) is 55.5 Å². The van der Waals surface area contributed by atoms with Crippen molar-refractivity contribution < 1.29 is 9.53 Å². The Labute approximate surface area is 144 Å². The highest BCUT2D eigenvalue weighted by Gasteiger charge is 2.15. The van der Waals surface area contributed by atoms with E-state index in [2.05, 4.69) is 36.5 Å². The van der Waals surface area contributed by atoms with Crippen molar-refractivity contribution in [1.29, 1.82) is 0 Å². The number of hydrogen-bond acceptors (Lipinski definition) is 3. The first kappa shape index (κ1) is 18.0. The quantitative estimate of drug-likeness (QED) is 0.582. The lowest BCUT2D eigenvalue weighted by atomic mass is 9.99. The molecule has 0 bridgehead atoms. The Hall–Kier alpha value is -2.39. The van der Waals surface area contributed by atoms with Gasteiger partial charge in [0.2, 0.25) is 0 Å². The molecule has 0 saturated carbocycles. The van der Waals surface area contributed by atoms with Gasteiger partial charge in [0.1, 0.15) is 6.10 Å². The molecule has 1 unspecified atom stereocenters. The zero-order valence-corrected chi connectivity index (χ0v) is 14.3. The van der Waals surface area contributed by atoms with Crippen molar-refractivity contribution in [2.24, 2.45) is 0 Å². The minimum Gasteiger partial charge on any atom is -0.457 e. The number of allylic oxidation sites excluding steroid dienone is 1. The fraction of sp³-hybridized carbons (Fsp3) is 0.286. The van der Waals surface area contributed by atoms with E-state index >= 15 is 0 Å². The number of esters is 1. The largest absolute Gasteiger partial charge is 0.457 e. The van der Waals surface area contributed by atoms with Gasteiger partial charge < -0.3 is 4.74 Å². The van der Waals surface area contributed by atoms with Crippen molar-refractivity contribution in [1.82, 2.24) is 5.32 Å². The van der Waals surface area contributed by atoms with Crippen LogP contribution < -0.4 is 5.32 Å². The number of rotatable bonds is 8. The first-order chi connectivity index (χ1) is 11.7. The van der Waals surface area contributed by atoms with Gasteiger partial charge in [-0.3, -0.25) is 10.1 Å². The van der Waals surface area contributed by atoms with Crippen molar-refractivity contribution >= 4 is 5.97 Å². The standard InChI is InChI=1S/C21H25NO2/c1-3-4-11-17(2)24-20(23)16-22-21(18-12-7-5-8-13-18)19-14-9-6-10-15-19/h4-15,17,21-22H,3,16H2,1-2H3. The smallest absolute Gasteiger partial charge is 0.320 e. The molecule has 0 spiro atoms. The molecule has 126 valence electrons. The van der Waals surface area contributed by atoms with Gasteiger partial charge in [-0.05, 0) is 30.5 Å². The van der Waals surface area contributed by atoms with Gasteiger partial charge in [0.25, 0.3) is 0 Å². The monoisotopic (exact) mass is 323 g/mol. The number of ether oxygens (including phenoxy) is 1. The third kappa shape index (κ3) is 5.67. The second-order valence-electron chi connectivity index (χ2n) is 5.67. The Morgan fingerprint density at radius 1 is 1.04 bits per heavy atom. The van der Waals surface area contributed by atoms with Crippen molar-refractivity contribution in [3.63, 3.8) is 0 Å². The molecule has 0 heterocycles. The SMILES string of the molecule is CCC=CC(C)OC(=O)CNC(c1ccccc1)c1ccccc1. The summed E-state index contributed by atoms with van der Waals surface area (Å²) in [6.45, 7) is 4.09. The molecule has 1 N–H and O–H groups in total. The molecule has 3 heteroatoms. The number of carbonyl (C=O) groups excluding carboxylic acids is 1. The summed E-state index contributed by atoms with van der Waals surface area (Å²) >= 11 is 0. The summed E-state index contributed by atoms with van der Waals surface area (Å²) in [6, 6.07) is 20.2. The molecular weight excluding hydrogens is 298 g/mol. The molecule has 0 aliphatic rings. The van der Waals surface area contributed by atoms with Gasteiger partial charge in [-0.15, -0.1) is 0 Å². The molecule has 1 atom stereocenters. The number of hydrogen-bond donors (Lipinski definition) is 1. The molecule has 24 heavy (non-hydrogen) atoms. The molecule has 3 nitrogen and oxygen atoms in total. The Balaban J connectivity index is 2.02. The summed E-state index contributed by atoms with van der Waals surface area (Å²) in [7, 11) is 0. The molecule has 2 aromatic rings. The van der Waals surface area contributed by atoms with Gasteiger partial charge in [0.05, 0.1) is 12.6 Å². The van der Waals surface area contributed by atoms with E-state index in [-0.39, 0.29) is 24.7 Å². The van der Waals surface area contributed by atoms with Crippen LogP contribution in [0.2, 0.25) is 0 Å². The van der Waals surface area contributed by atoms with Crippen molar-refractivity contribution in [3.8, 4) is 0 Å². The normalized spacial score (nSPS) is 12.5. The van der Waals surface area contributed by atoms with Gasteiger partial charge in [0.15, 0.2) is 0 Å². The van der Waals surface area contributed by atoms with E-state index in [0.717, 1.165) is 17.5 Å². The van der Waals surface area contributed by atoms with E-state index in [4.69, 9.17) is 4.74 Å². The zero-order chi connectivity index (χ0) is 17.2. The summed E-state index contributed by atoms with van der Waals surface area (Å²) < 4.78 is 5.39. The fourth-order valence-electron chi connectivity index (χ4n) is 2.52. The second-order valence-corrected chi connectivity index (χ2v) is 5.67. The topological polar surface area (TPSA) is 38.3 Å². The third-order valence-corrected chi connectivity index (χ3v) is 3.68. The molecule has 2 aromatic carbocycles. The summed E-state index contributed by atoms with van der Waals surface area (Å²) in [5.41, 5.74) is 2.24. The van der Waals surface area contributed by atoms with E-state index in [1.165, 1.54) is 0 Å². The summed E-state index contributed by atoms with van der Waals surface area (Å²) in [6.07, 6.45) is 4.64. The van der Waals surface area contributed by atoms with Crippen LogP contribution in [0.25, 0.3) is 0 Å². The lowest BCUT2D eigenvalue weighted by molar-refractivity contribution is -0.145. The molecule has 0 radical (unpaired) electrons. The lowest BCUT2D eigenvalue weighted by Crippen LogP contribution is -2.30. The van der Waals surface area contributed by atoms with Crippen LogP contribution in [-0.2, 0) is 9.53 Å². The summed E-state index contributed by atoms with van der Waals surface area (Å²) in [5, 5.41) is 3.31. The van der Waals surface area contributed by atoms with Gasteiger partial charge >= 0.3 is 5.97 Å². The van der Waals surface area contributed by atoms with Crippen molar-refractivity contribution in [2.45, 2.75) is 32.4 Å². The van der Waals surface area contributed by atoms with Crippen molar-refractivity contribution in [2.75, 3.05) is 6.54 Å². The number of carbonyl (C=O) groups is 1.